The number of hydrogen-bond acceptors (Lipinski definition) is 3. The molecule has 0 atom stereocenters. The maximum Gasteiger partial charge on any atom is 0.154 e. The zero-order valence-electron chi connectivity index (χ0n) is 21.4. The van der Waals surface area contributed by atoms with Gasteiger partial charge in [-0.15, -0.1) is 0 Å². The summed E-state index contributed by atoms with van der Waals surface area (Å²) < 4.78 is 0. The Balaban J connectivity index is 1.51. The Morgan fingerprint density at radius 2 is 1.58 bits per heavy atom. The van der Waals surface area contributed by atoms with Gasteiger partial charge >= 0.3 is 0 Å². The first-order chi connectivity index (χ1) is 18.5. The van der Waals surface area contributed by atoms with Gasteiger partial charge < -0.3 is 16.4 Å². The second-order valence-corrected chi connectivity index (χ2v) is 9.42. The van der Waals surface area contributed by atoms with E-state index in [1.54, 1.807) is 0 Å². The number of nitrogens with one attached hydrogen (secondary N) is 1. The predicted molar refractivity (Wildman–Crippen MR) is 162 cm³/mol. The van der Waals surface area contributed by atoms with Crippen molar-refractivity contribution in [3.8, 4) is 0 Å². The average molecular weight is 498 g/mol. The standard InChI is InChI=1S/C33H31N5/c1-38(31-17-8-7-16-30(31)34)22-23-10-9-15-24(19-18-23)28-20-26-13-5-6-14-27(26)21-29(28)33(36)37-32(35)25-11-3-2-4-12-25/h2-9,11-21H,10,22,34H2,1H3,(H3,35,36,37). The quantitative estimate of drug-likeness (QED) is 0.160. The normalized spacial score (nSPS) is 13.6. The number of aliphatic imine (C=N–C) groups is 1. The summed E-state index contributed by atoms with van der Waals surface area (Å²) in [5.41, 5.74) is 19.0. The molecule has 0 saturated carbocycles. The second-order valence-electron chi connectivity index (χ2n) is 9.42. The Bertz CT molecular complexity index is 1610. The number of nitrogens with two attached hydrogens (primary N) is 2. The molecule has 4 aromatic rings. The van der Waals surface area contributed by atoms with Crippen molar-refractivity contribution in [3.63, 3.8) is 0 Å². The average Bonchev–Trinajstić information content (AvgIpc) is 3.18. The van der Waals surface area contributed by atoms with Gasteiger partial charge in [-0.05, 0) is 58.2 Å². The number of amidine groups is 2. The van der Waals surface area contributed by atoms with E-state index in [-0.39, 0.29) is 5.84 Å². The third-order valence-electron chi connectivity index (χ3n) is 6.72. The maximum atomic E-state index is 8.89. The monoisotopic (exact) mass is 497 g/mol. The zero-order chi connectivity index (χ0) is 26.5. The molecule has 5 nitrogen and oxygen atoms in total. The molecule has 1 aliphatic carbocycles. The molecule has 0 spiro atoms. The summed E-state index contributed by atoms with van der Waals surface area (Å²) in [5, 5.41) is 11.1. The minimum Gasteiger partial charge on any atom is -0.397 e. The molecule has 188 valence electrons. The molecule has 0 saturated heterocycles. The molecule has 0 unspecified atom stereocenters. The molecule has 1 aliphatic rings. The van der Waals surface area contributed by atoms with Crippen LogP contribution >= 0.6 is 0 Å². The van der Waals surface area contributed by atoms with Gasteiger partial charge in [-0.3, -0.25) is 5.41 Å². The highest BCUT2D eigenvalue weighted by Gasteiger charge is 2.15. The van der Waals surface area contributed by atoms with Crippen molar-refractivity contribution in [2.24, 2.45) is 10.7 Å². The van der Waals surface area contributed by atoms with Crippen molar-refractivity contribution in [2.45, 2.75) is 6.42 Å². The van der Waals surface area contributed by atoms with E-state index in [9.17, 15) is 0 Å². The number of rotatable bonds is 6. The molecule has 4 aromatic carbocycles. The summed E-state index contributed by atoms with van der Waals surface area (Å²) in [4.78, 5) is 6.66. The second kappa shape index (κ2) is 11.0. The lowest BCUT2D eigenvalue weighted by molar-refractivity contribution is 0.956. The minimum absolute atomic E-state index is 0.133. The van der Waals surface area contributed by atoms with Gasteiger partial charge in [0.25, 0.3) is 0 Å². The molecule has 0 aliphatic heterocycles. The van der Waals surface area contributed by atoms with Crippen molar-refractivity contribution >= 4 is 39.4 Å². The van der Waals surface area contributed by atoms with Crippen LogP contribution in [0.15, 0.2) is 126 Å². The van der Waals surface area contributed by atoms with Crippen molar-refractivity contribution in [1.29, 1.82) is 5.41 Å². The fraction of sp³-hybridized carbons (Fsp3) is 0.0909. The highest BCUT2D eigenvalue weighted by Crippen LogP contribution is 2.30. The van der Waals surface area contributed by atoms with E-state index in [0.717, 1.165) is 57.4 Å². The fourth-order valence-electron chi connectivity index (χ4n) is 4.72. The number of hydrogen-bond donors (Lipinski definition) is 3. The molecule has 0 radical (unpaired) electrons. The lowest BCUT2D eigenvalue weighted by atomic mass is 9.94. The van der Waals surface area contributed by atoms with E-state index < -0.39 is 0 Å². The minimum atomic E-state index is 0.133. The van der Waals surface area contributed by atoms with Crippen LogP contribution in [-0.2, 0) is 0 Å². The molecule has 0 aromatic heterocycles. The SMILES string of the molecule is CN(CC1=CC=C(c2cc3ccccc3cc2C(=N)/N=C(\N)c2ccccc2)C=CC1)c1ccccc1N. The topological polar surface area (TPSA) is 91.5 Å². The van der Waals surface area contributed by atoms with Gasteiger partial charge in [0.1, 0.15) is 5.84 Å². The van der Waals surface area contributed by atoms with E-state index in [4.69, 9.17) is 16.9 Å². The van der Waals surface area contributed by atoms with Crippen LogP contribution in [0.25, 0.3) is 16.3 Å². The van der Waals surface area contributed by atoms with Crippen LogP contribution < -0.4 is 16.4 Å². The van der Waals surface area contributed by atoms with Crippen molar-refractivity contribution in [1.82, 2.24) is 0 Å². The predicted octanol–water partition coefficient (Wildman–Crippen LogP) is 6.56. The molecule has 38 heavy (non-hydrogen) atoms. The number of allylic oxidation sites excluding steroid dienone is 5. The van der Waals surface area contributed by atoms with Gasteiger partial charge in [0.15, 0.2) is 5.84 Å². The van der Waals surface area contributed by atoms with Gasteiger partial charge in [-0.25, -0.2) is 4.99 Å². The van der Waals surface area contributed by atoms with Gasteiger partial charge in [-0.2, -0.15) is 0 Å². The Morgan fingerprint density at radius 1 is 0.895 bits per heavy atom. The van der Waals surface area contributed by atoms with Crippen molar-refractivity contribution < 1.29 is 0 Å². The smallest absolute Gasteiger partial charge is 0.154 e. The van der Waals surface area contributed by atoms with E-state index in [0.29, 0.717) is 5.84 Å². The summed E-state index contributed by atoms with van der Waals surface area (Å²) in [6.45, 7) is 0.765. The highest BCUT2D eigenvalue weighted by atomic mass is 15.1. The van der Waals surface area contributed by atoms with Gasteiger partial charge in [0.05, 0.1) is 11.4 Å². The van der Waals surface area contributed by atoms with Crippen LogP contribution in [0.5, 0.6) is 0 Å². The van der Waals surface area contributed by atoms with E-state index in [2.05, 4.69) is 59.4 Å². The van der Waals surface area contributed by atoms with E-state index in [1.807, 2.05) is 72.8 Å². The third kappa shape index (κ3) is 5.42. The largest absolute Gasteiger partial charge is 0.397 e. The van der Waals surface area contributed by atoms with Gasteiger partial charge in [-0.1, -0.05) is 91.0 Å². The lowest BCUT2D eigenvalue weighted by Gasteiger charge is -2.22. The number of nitrogen functional groups attached to an aromatic ring is 1. The van der Waals surface area contributed by atoms with Crippen molar-refractivity contribution in [3.05, 3.63) is 138 Å². The Kier molecular flexibility index (Phi) is 7.18. The maximum absolute atomic E-state index is 8.89. The number of fused-ring (bicyclic) bond motifs is 1. The van der Waals surface area contributed by atoms with Crippen LogP contribution in [0, 0.1) is 5.41 Å². The fourth-order valence-corrected chi connectivity index (χ4v) is 4.72. The molecular weight excluding hydrogens is 466 g/mol. The lowest BCUT2D eigenvalue weighted by Crippen LogP contribution is -2.21. The molecule has 0 bridgehead atoms. The molecule has 5 heteroatoms. The summed E-state index contributed by atoms with van der Waals surface area (Å²) in [6.07, 6.45) is 9.44. The molecule has 0 heterocycles. The van der Waals surface area contributed by atoms with Crippen LogP contribution in [-0.4, -0.2) is 25.3 Å². The zero-order valence-corrected chi connectivity index (χ0v) is 21.4. The van der Waals surface area contributed by atoms with Gasteiger partial charge in [0.2, 0.25) is 0 Å². The van der Waals surface area contributed by atoms with Crippen LogP contribution in [0.4, 0.5) is 11.4 Å². The summed E-state index contributed by atoms with van der Waals surface area (Å²) in [7, 11) is 2.06. The van der Waals surface area contributed by atoms with Crippen LogP contribution in [0.2, 0.25) is 0 Å². The van der Waals surface area contributed by atoms with Gasteiger partial charge in [0, 0.05) is 24.7 Å². The molecule has 5 rings (SSSR count). The first-order valence-corrected chi connectivity index (χ1v) is 12.6. The Morgan fingerprint density at radius 3 is 2.34 bits per heavy atom. The number of para-hydroxylation sites is 2. The number of anilines is 2. The molecular formula is C33H31N5. The van der Waals surface area contributed by atoms with Crippen LogP contribution in [0.1, 0.15) is 23.1 Å². The first-order valence-electron chi connectivity index (χ1n) is 12.6. The summed E-state index contributed by atoms with van der Waals surface area (Å²) in [6, 6.07) is 29.8. The van der Waals surface area contributed by atoms with Crippen molar-refractivity contribution in [2.75, 3.05) is 24.2 Å². The summed E-state index contributed by atoms with van der Waals surface area (Å²) >= 11 is 0. The van der Waals surface area contributed by atoms with Crippen LogP contribution in [0.3, 0.4) is 0 Å². The van der Waals surface area contributed by atoms with E-state index >= 15 is 0 Å². The molecule has 0 amide bonds. The molecule has 0 fully saturated rings. The summed E-state index contributed by atoms with van der Waals surface area (Å²) in [5.74, 6) is 0.458. The Labute approximate surface area is 223 Å². The first kappa shape index (κ1) is 24.8. The number of likely N-dealkylation sites (N-methyl/N-ethyl adjacent to an activating group) is 1. The number of benzene rings is 4. The number of nitrogens with zero attached hydrogens (tertiary/aromatic N) is 2. The molecule has 5 N–H and O–H groups in total. The third-order valence-corrected chi connectivity index (χ3v) is 6.72. The highest BCUT2D eigenvalue weighted by molar-refractivity contribution is 6.13. The van der Waals surface area contributed by atoms with E-state index in [1.165, 1.54) is 5.57 Å². The Hall–Kier alpha value is -4.90.